The first kappa shape index (κ1) is 15.8. The van der Waals surface area contributed by atoms with Crippen LogP contribution in [0.2, 0.25) is 0 Å². The topological polar surface area (TPSA) is 29.1 Å². The lowest BCUT2D eigenvalue weighted by Crippen LogP contribution is -2.37. The third kappa shape index (κ3) is 4.44. The molecular weight excluding hydrogens is 286 g/mol. The van der Waals surface area contributed by atoms with Crippen molar-refractivity contribution in [3.8, 4) is 0 Å². The Morgan fingerprint density at radius 1 is 1.19 bits per heavy atom. The number of hydrogen-bond acceptors (Lipinski definition) is 1. The first-order valence-corrected chi connectivity index (χ1v) is 7.01. The maximum Gasteiger partial charge on any atom is 0.416 e. The summed E-state index contributed by atoms with van der Waals surface area (Å²) < 4.78 is 51.7. The molecule has 1 fully saturated rings. The standard InChI is InChI=1S/C15H17F4NO/c16-11-6-7-13(15(17,18)19)10(8-11)9-14(21)20-12-4-2-1-3-5-12/h6-8,12H,1-5,9H2,(H,20,21). The van der Waals surface area contributed by atoms with E-state index in [0.29, 0.717) is 6.07 Å². The van der Waals surface area contributed by atoms with Crippen molar-refractivity contribution in [3.05, 3.63) is 35.1 Å². The summed E-state index contributed by atoms with van der Waals surface area (Å²) in [6.45, 7) is 0. The average molecular weight is 303 g/mol. The fraction of sp³-hybridized carbons (Fsp3) is 0.533. The maximum atomic E-state index is 13.1. The smallest absolute Gasteiger partial charge is 0.353 e. The van der Waals surface area contributed by atoms with E-state index in [9.17, 15) is 22.4 Å². The highest BCUT2D eigenvalue weighted by atomic mass is 19.4. The summed E-state index contributed by atoms with van der Waals surface area (Å²) in [5, 5.41) is 2.74. The van der Waals surface area contributed by atoms with Gasteiger partial charge in [-0.1, -0.05) is 19.3 Å². The summed E-state index contributed by atoms with van der Waals surface area (Å²) in [7, 11) is 0. The molecule has 1 aliphatic rings. The van der Waals surface area contributed by atoms with Crippen molar-refractivity contribution < 1.29 is 22.4 Å². The van der Waals surface area contributed by atoms with Crippen LogP contribution in [0.3, 0.4) is 0 Å². The predicted molar refractivity (Wildman–Crippen MR) is 70.1 cm³/mol. The highest BCUT2D eigenvalue weighted by Crippen LogP contribution is 2.32. The molecule has 1 amide bonds. The van der Waals surface area contributed by atoms with Crippen molar-refractivity contribution in [3.63, 3.8) is 0 Å². The van der Waals surface area contributed by atoms with Crippen LogP contribution in [-0.2, 0) is 17.4 Å². The Hall–Kier alpha value is -1.59. The summed E-state index contributed by atoms with van der Waals surface area (Å²) in [5.74, 6) is -1.26. The van der Waals surface area contributed by atoms with Gasteiger partial charge in [0.1, 0.15) is 5.82 Å². The Morgan fingerprint density at radius 3 is 2.48 bits per heavy atom. The van der Waals surface area contributed by atoms with Crippen molar-refractivity contribution >= 4 is 5.91 Å². The third-order valence-corrected chi connectivity index (χ3v) is 3.69. The molecule has 0 spiro atoms. The molecule has 0 aromatic heterocycles. The fourth-order valence-corrected chi connectivity index (χ4v) is 2.68. The van der Waals surface area contributed by atoms with E-state index in [-0.39, 0.29) is 11.6 Å². The lowest BCUT2D eigenvalue weighted by atomic mass is 9.95. The van der Waals surface area contributed by atoms with Gasteiger partial charge in [-0.25, -0.2) is 4.39 Å². The molecular formula is C15H17F4NO. The molecule has 0 bridgehead atoms. The predicted octanol–water partition coefficient (Wildman–Crippen LogP) is 3.84. The highest BCUT2D eigenvalue weighted by Gasteiger charge is 2.34. The van der Waals surface area contributed by atoms with Gasteiger partial charge < -0.3 is 5.32 Å². The van der Waals surface area contributed by atoms with Gasteiger partial charge in [-0.05, 0) is 36.6 Å². The van der Waals surface area contributed by atoms with Crippen LogP contribution in [0.15, 0.2) is 18.2 Å². The maximum absolute atomic E-state index is 13.1. The summed E-state index contributed by atoms with van der Waals surface area (Å²) in [6.07, 6.45) is -0.203. The molecule has 0 radical (unpaired) electrons. The molecule has 0 atom stereocenters. The third-order valence-electron chi connectivity index (χ3n) is 3.69. The van der Waals surface area contributed by atoms with E-state index < -0.39 is 29.9 Å². The second-order valence-electron chi connectivity index (χ2n) is 5.38. The van der Waals surface area contributed by atoms with Crippen LogP contribution in [-0.4, -0.2) is 11.9 Å². The molecule has 116 valence electrons. The van der Waals surface area contributed by atoms with E-state index in [1.54, 1.807) is 0 Å². The first-order valence-electron chi connectivity index (χ1n) is 7.01. The van der Waals surface area contributed by atoms with Gasteiger partial charge in [0.05, 0.1) is 12.0 Å². The van der Waals surface area contributed by atoms with Crippen molar-refractivity contribution in [2.24, 2.45) is 0 Å². The number of halogens is 4. The van der Waals surface area contributed by atoms with Crippen molar-refractivity contribution in [1.29, 1.82) is 0 Å². The lowest BCUT2D eigenvalue weighted by Gasteiger charge is -2.23. The van der Waals surface area contributed by atoms with Gasteiger partial charge in [-0.3, -0.25) is 4.79 Å². The molecule has 0 unspecified atom stereocenters. The van der Waals surface area contributed by atoms with Crippen molar-refractivity contribution in [1.82, 2.24) is 5.32 Å². The van der Waals surface area contributed by atoms with Crippen LogP contribution < -0.4 is 5.32 Å². The number of benzene rings is 1. The Balaban J connectivity index is 2.07. The molecule has 1 saturated carbocycles. The molecule has 2 nitrogen and oxygen atoms in total. The second kappa shape index (κ2) is 6.45. The Bertz CT molecular complexity index is 507. The molecule has 0 aliphatic heterocycles. The number of alkyl halides is 3. The Labute approximate surface area is 120 Å². The minimum Gasteiger partial charge on any atom is -0.353 e. The zero-order chi connectivity index (χ0) is 15.5. The molecule has 0 heterocycles. The molecule has 2 rings (SSSR count). The Kier molecular flexibility index (Phi) is 4.85. The van der Waals surface area contributed by atoms with Gasteiger partial charge in [-0.2, -0.15) is 13.2 Å². The number of carbonyl (C=O) groups excluding carboxylic acids is 1. The molecule has 1 N–H and O–H groups in total. The number of rotatable bonds is 3. The van der Waals surface area contributed by atoms with Gasteiger partial charge in [0.25, 0.3) is 0 Å². The van der Waals surface area contributed by atoms with Crippen molar-refractivity contribution in [2.45, 2.75) is 50.7 Å². The molecule has 21 heavy (non-hydrogen) atoms. The number of amides is 1. The quantitative estimate of drug-likeness (QED) is 0.845. The minimum absolute atomic E-state index is 0.0224. The van der Waals surface area contributed by atoms with E-state index in [2.05, 4.69) is 5.32 Å². The zero-order valence-corrected chi connectivity index (χ0v) is 11.5. The van der Waals surface area contributed by atoms with Gasteiger partial charge in [-0.15, -0.1) is 0 Å². The molecule has 6 heteroatoms. The van der Waals surface area contributed by atoms with E-state index >= 15 is 0 Å². The number of carbonyl (C=O) groups is 1. The van der Waals surface area contributed by atoms with Crippen LogP contribution in [0, 0.1) is 5.82 Å². The van der Waals surface area contributed by atoms with E-state index in [1.807, 2.05) is 0 Å². The molecule has 1 aliphatic carbocycles. The first-order chi connectivity index (χ1) is 9.86. The van der Waals surface area contributed by atoms with Gasteiger partial charge in [0.15, 0.2) is 0 Å². The van der Waals surface area contributed by atoms with E-state index in [4.69, 9.17) is 0 Å². The van der Waals surface area contributed by atoms with Crippen LogP contribution in [0.4, 0.5) is 17.6 Å². The zero-order valence-electron chi connectivity index (χ0n) is 11.5. The largest absolute Gasteiger partial charge is 0.416 e. The summed E-state index contributed by atoms with van der Waals surface area (Å²) in [4.78, 5) is 11.9. The van der Waals surface area contributed by atoms with Crippen LogP contribution in [0.5, 0.6) is 0 Å². The highest BCUT2D eigenvalue weighted by molar-refractivity contribution is 5.79. The monoisotopic (exact) mass is 303 g/mol. The average Bonchev–Trinajstić information content (AvgIpc) is 2.38. The summed E-state index contributed by atoms with van der Waals surface area (Å²) in [5.41, 5.74) is -1.28. The molecule has 0 saturated heterocycles. The Morgan fingerprint density at radius 2 is 1.86 bits per heavy atom. The van der Waals surface area contributed by atoms with Gasteiger partial charge >= 0.3 is 6.18 Å². The second-order valence-corrected chi connectivity index (χ2v) is 5.38. The fourth-order valence-electron chi connectivity index (χ4n) is 2.68. The number of hydrogen-bond donors (Lipinski definition) is 1. The number of nitrogens with one attached hydrogen (secondary N) is 1. The SMILES string of the molecule is O=C(Cc1cc(F)ccc1C(F)(F)F)NC1CCCCC1. The van der Waals surface area contributed by atoms with Gasteiger partial charge in [0.2, 0.25) is 5.91 Å². The van der Waals surface area contributed by atoms with E-state index in [0.717, 1.165) is 44.2 Å². The normalized spacial score (nSPS) is 16.8. The van der Waals surface area contributed by atoms with Gasteiger partial charge in [0, 0.05) is 6.04 Å². The summed E-state index contributed by atoms with van der Waals surface area (Å²) >= 11 is 0. The lowest BCUT2D eigenvalue weighted by molar-refractivity contribution is -0.138. The molecule has 1 aromatic carbocycles. The van der Waals surface area contributed by atoms with Crippen LogP contribution in [0.1, 0.15) is 43.2 Å². The molecule has 1 aromatic rings. The van der Waals surface area contributed by atoms with Crippen molar-refractivity contribution in [2.75, 3.05) is 0 Å². The minimum atomic E-state index is -4.59. The van der Waals surface area contributed by atoms with Crippen LogP contribution >= 0.6 is 0 Å². The summed E-state index contributed by atoms with van der Waals surface area (Å²) in [6, 6.07) is 2.24. The van der Waals surface area contributed by atoms with E-state index in [1.165, 1.54) is 0 Å². The van der Waals surface area contributed by atoms with Crippen LogP contribution in [0.25, 0.3) is 0 Å².